The van der Waals surface area contributed by atoms with Crippen molar-refractivity contribution in [3.8, 4) is 5.75 Å². The zero-order valence-electron chi connectivity index (χ0n) is 11.7. The van der Waals surface area contributed by atoms with Gasteiger partial charge in [0.2, 0.25) is 0 Å². The van der Waals surface area contributed by atoms with Gasteiger partial charge in [0.05, 0.1) is 6.04 Å². The predicted octanol–water partition coefficient (Wildman–Crippen LogP) is 3.41. The molecule has 1 amide bonds. The summed E-state index contributed by atoms with van der Waals surface area (Å²) in [5.41, 5.74) is 2.96. The molecule has 0 spiro atoms. The summed E-state index contributed by atoms with van der Waals surface area (Å²) < 4.78 is 5.81. The van der Waals surface area contributed by atoms with Gasteiger partial charge < -0.3 is 9.64 Å². The van der Waals surface area contributed by atoms with Crippen LogP contribution in [0, 0.1) is 0 Å². The fourth-order valence-electron chi connectivity index (χ4n) is 2.49. The van der Waals surface area contributed by atoms with Gasteiger partial charge in [0.25, 0.3) is 5.91 Å². The number of fused-ring (bicyclic) bond motifs is 1. The number of nitrogens with zero attached hydrogens (tertiary/aromatic N) is 1. The van der Waals surface area contributed by atoms with Crippen LogP contribution in [0.1, 0.15) is 34.5 Å². The Hall–Kier alpha value is -2.29. The zero-order valence-corrected chi connectivity index (χ0v) is 11.7. The fraction of sp³-hybridized carbons (Fsp3) is 0.235. The van der Waals surface area contributed by atoms with Crippen LogP contribution in [-0.4, -0.2) is 17.9 Å². The Balaban J connectivity index is 1.79. The first kappa shape index (κ1) is 12.7. The summed E-state index contributed by atoms with van der Waals surface area (Å²) in [6, 6.07) is 15.9. The molecule has 0 saturated carbocycles. The van der Waals surface area contributed by atoms with Crippen LogP contribution >= 0.6 is 0 Å². The lowest BCUT2D eigenvalue weighted by Gasteiger charge is -2.15. The molecule has 2 aromatic carbocycles. The van der Waals surface area contributed by atoms with Gasteiger partial charge in [-0.3, -0.25) is 4.79 Å². The highest BCUT2D eigenvalue weighted by molar-refractivity contribution is 5.99. The molecule has 2 aromatic rings. The second-order valence-electron chi connectivity index (χ2n) is 5.12. The van der Waals surface area contributed by atoms with Crippen molar-refractivity contribution in [1.29, 1.82) is 0 Å². The minimum absolute atomic E-state index is 0.0853. The Labute approximate surface area is 118 Å². The molecule has 0 aromatic heterocycles. The summed E-state index contributed by atoms with van der Waals surface area (Å²) in [5.74, 6) is 0.893. The Kier molecular flexibility index (Phi) is 3.18. The lowest BCUT2D eigenvalue weighted by molar-refractivity contribution is 0.0784. The third-order valence-corrected chi connectivity index (χ3v) is 3.85. The lowest BCUT2D eigenvalue weighted by Crippen LogP contribution is -2.20. The third kappa shape index (κ3) is 2.16. The molecule has 0 fully saturated rings. The molecule has 0 saturated heterocycles. The molecule has 1 aliphatic rings. The topological polar surface area (TPSA) is 29.5 Å². The smallest absolute Gasteiger partial charge is 0.254 e. The van der Waals surface area contributed by atoms with E-state index in [-0.39, 0.29) is 11.9 Å². The van der Waals surface area contributed by atoms with Crippen molar-refractivity contribution >= 4 is 5.91 Å². The third-order valence-electron chi connectivity index (χ3n) is 3.85. The number of ether oxygens (including phenoxy) is 1. The van der Waals surface area contributed by atoms with E-state index in [0.29, 0.717) is 6.61 Å². The molecule has 3 rings (SSSR count). The van der Waals surface area contributed by atoms with Gasteiger partial charge in [-0.05, 0) is 36.2 Å². The van der Waals surface area contributed by atoms with Gasteiger partial charge >= 0.3 is 0 Å². The van der Waals surface area contributed by atoms with Crippen molar-refractivity contribution in [3.05, 3.63) is 65.2 Å². The second kappa shape index (κ2) is 5.00. The van der Waals surface area contributed by atoms with E-state index < -0.39 is 0 Å². The number of benzene rings is 2. The lowest BCUT2D eigenvalue weighted by atomic mass is 10.1. The molecule has 1 unspecified atom stereocenters. The van der Waals surface area contributed by atoms with Crippen LogP contribution in [0.3, 0.4) is 0 Å². The van der Waals surface area contributed by atoms with E-state index in [9.17, 15) is 4.79 Å². The Bertz CT molecular complexity index is 637. The van der Waals surface area contributed by atoms with Gasteiger partial charge in [-0.25, -0.2) is 0 Å². The molecular weight excluding hydrogens is 250 g/mol. The van der Waals surface area contributed by atoms with Crippen molar-refractivity contribution in [2.45, 2.75) is 19.6 Å². The molecule has 1 heterocycles. The van der Waals surface area contributed by atoms with Gasteiger partial charge in [0.1, 0.15) is 12.4 Å². The van der Waals surface area contributed by atoms with Gasteiger partial charge in [0, 0.05) is 12.6 Å². The molecule has 0 N–H and O–H groups in total. The highest BCUT2D eigenvalue weighted by Crippen LogP contribution is 2.34. The quantitative estimate of drug-likeness (QED) is 0.853. The summed E-state index contributed by atoms with van der Waals surface area (Å²) >= 11 is 0. The van der Waals surface area contributed by atoms with Gasteiger partial charge in [0.15, 0.2) is 0 Å². The summed E-state index contributed by atoms with van der Waals surface area (Å²) in [5, 5.41) is 0. The van der Waals surface area contributed by atoms with E-state index in [1.165, 1.54) is 0 Å². The van der Waals surface area contributed by atoms with Crippen LogP contribution in [-0.2, 0) is 6.61 Å². The summed E-state index contributed by atoms with van der Waals surface area (Å²) in [4.78, 5) is 13.7. The van der Waals surface area contributed by atoms with E-state index in [4.69, 9.17) is 4.74 Å². The monoisotopic (exact) mass is 267 g/mol. The second-order valence-corrected chi connectivity index (χ2v) is 5.12. The molecule has 3 heteroatoms. The van der Waals surface area contributed by atoms with Gasteiger partial charge in [-0.15, -0.1) is 0 Å². The van der Waals surface area contributed by atoms with Crippen LogP contribution < -0.4 is 4.74 Å². The number of rotatable bonds is 3. The zero-order chi connectivity index (χ0) is 14.1. The minimum Gasteiger partial charge on any atom is -0.489 e. The maximum absolute atomic E-state index is 12.0. The number of hydrogen-bond donors (Lipinski definition) is 0. The highest BCUT2D eigenvalue weighted by Gasteiger charge is 2.31. The highest BCUT2D eigenvalue weighted by atomic mass is 16.5. The number of carbonyl (C=O) groups is 1. The molecule has 0 radical (unpaired) electrons. The molecule has 102 valence electrons. The summed E-state index contributed by atoms with van der Waals surface area (Å²) in [6.45, 7) is 2.57. The maximum atomic E-state index is 12.0. The van der Waals surface area contributed by atoms with Crippen LogP contribution in [0.25, 0.3) is 0 Å². The Morgan fingerprint density at radius 2 is 1.90 bits per heavy atom. The standard InChI is InChI=1S/C17H17NO2/c1-12-16-10-14(8-9-15(16)17(19)18(12)2)20-11-13-6-4-3-5-7-13/h3-10,12H,11H2,1-2H3. The van der Waals surface area contributed by atoms with Gasteiger partial charge in [-0.1, -0.05) is 30.3 Å². The first-order valence-electron chi connectivity index (χ1n) is 6.74. The summed E-state index contributed by atoms with van der Waals surface area (Å²) in [7, 11) is 1.83. The largest absolute Gasteiger partial charge is 0.489 e. The normalized spacial score (nSPS) is 17.2. The van der Waals surface area contributed by atoms with Crippen molar-refractivity contribution in [2.24, 2.45) is 0 Å². The maximum Gasteiger partial charge on any atom is 0.254 e. The average molecular weight is 267 g/mol. The molecule has 20 heavy (non-hydrogen) atoms. The Morgan fingerprint density at radius 1 is 1.15 bits per heavy atom. The number of carbonyl (C=O) groups excluding carboxylic acids is 1. The first-order chi connectivity index (χ1) is 9.66. The molecule has 3 nitrogen and oxygen atoms in total. The van der Waals surface area contributed by atoms with Crippen LogP contribution in [0.4, 0.5) is 0 Å². The van der Waals surface area contributed by atoms with Crippen molar-refractivity contribution in [1.82, 2.24) is 4.90 Å². The molecule has 1 aliphatic heterocycles. The number of hydrogen-bond acceptors (Lipinski definition) is 2. The van der Waals surface area contributed by atoms with Crippen molar-refractivity contribution in [3.63, 3.8) is 0 Å². The molecule has 0 bridgehead atoms. The minimum atomic E-state index is 0.0853. The van der Waals surface area contributed by atoms with E-state index in [1.54, 1.807) is 4.90 Å². The van der Waals surface area contributed by atoms with E-state index in [0.717, 1.165) is 22.4 Å². The van der Waals surface area contributed by atoms with Crippen LogP contribution in [0.15, 0.2) is 48.5 Å². The van der Waals surface area contributed by atoms with E-state index in [1.807, 2.05) is 62.5 Å². The van der Waals surface area contributed by atoms with Crippen LogP contribution in [0.5, 0.6) is 5.75 Å². The van der Waals surface area contributed by atoms with Crippen molar-refractivity contribution < 1.29 is 9.53 Å². The number of amides is 1. The molecule has 0 aliphatic carbocycles. The molecule has 1 atom stereocenters. The van der Waals surface area contributed by atoms with Crippen molar-refractivity contribution in [2.75, 3.05) is 7.05 Å². The summed E-state index contributed by atoms with van der Waals surface area (Å²) in [6.07, 6.45) is 0. The van der Waals surface area contributed by atoms with E-state index >= 15 is 0 Å². The van der Waals surface area contributed by atoms with Gasteiger partial charge in [-0.2, -0.15) is 0 Å². The van der Waals surface area contributed by atoms with E-state index in [2.05, 4.69) is 0 Å². The van der Waals surface area contributed by atoms with Crippen LogP contribution in [0.2, 0.25) is 0 Å². The Morgan fingerprint density at radius 3 is 2.65 bits per heavy atom. The first-order valence-corrected chi connectivity index (χ1v) is 6.74. The predicted molar refractivity (Wildman–Crippen MR) is 77.7 cm³/mol. The average Bonchev–Trinajstić information content (AvgIpc) is 2.71. The molecular formula is C17H17NO2. The fourth-order valence-corrected chi connectivity index (χ4v) is 2.49. The SMILES string of the molecule is CC1c2cc(OCc3ccccc3)ccc2C(=O)N1C.